The number of nitrogens with one attached hydrogen (secondary N) is 1. The van der Waals surface area contributed by atoms with Crippen LogP contribution in [0.3, 0.4) is 0 Å². The Balaban J connectivity index is 2.26. The highest BCUT2D eigenvalue weighted by atomic mass is 16.5. The van der Waals surface area contributed by atoms with Gasteiger partial charge in [0.15, 0.2) is 5.58 Å². The Bertz CT molecular complexity index is 1380. The molecule has 1 aliphatic carbocycles. The van der Waals surface area contributed by atoms with Crippen molar-refractivity contribution in [2.24, 2.45) is 0 Å². The van der Waals surface area contributed by atoms with Gasteiger partial charge in [-0.3, -0.25) is 9.59 Å². The molecular weight excluding hydrogens is 350 g/mol. The molecule has 7 heteroatoms. The Morgan fingerprint density at radius 1 is 1.07 bits per heavy atom. The summed E-state index contributed by atoms with van der Waals surface area (Å²) in [4.78, 5) is 40.3. The standard InChI is InChI=1S/C20H13NO6/c1-26-11-6-4-5-10(9-11)14-15(20(24)25)16-19(18(23)17(14)22)27-13-8-3-2-7-12(13)21-16/h2-9,21H,1H3,(H,24,25). The average Bonchev–Trinajstić information content (AvgIpc) is 2.69. The fourth-order valence-corrected chi connectivity index (χ4v) is 3.07. The molecule has 0 radical (unpaired) electrons. The van der Waals surface area contributed by atoms with Crippen molar-refractivity contribution in [3.05, 3.63) is 85.3 Å². The fourth-order valence-electron chi connectivity index (χ4n) is 3.07. The van der Waals surface area contributed by atoms with E-state index in [-0.39, 0.29) is 27.5 Å². The minimum absolute atomic E-state index is 0.0383. The summed E-state index contributed by atoms with van der Waals surface area (Å²) in [6.45, 7) is 0. The molecule has 0 fully saturated rings. The molecule has 0 saturated carbocycles. The zero-order valence-corrected chi connectivity index (χ0v) is 14.1. The smallest absolute Gasteiger partial charge is 0.338 e. The number of para-hydroxylation sites is 2. The van der Waals surface area contributed by atoms with Crippen LogP contribution in [0.4, 0.5) is 0 Å². The van der Waals surface area contributed by atoms with Gasteiger partial charge >= 0.3 is 5.97 Å². The number of methoxy groups -OCH3 is 1. The van der Waals surface area contributed by atoms with E-state index in [2.05, 4.69) is 4.98 Å². The first-order valence-corrected chi connectivity index (χ1v) is 8.01. The Kier molecular flexibility index (Phi) is 3.77. The van der Waals surface area contributed by atoms with Gasteiger partial charge in [-0.15, -0.1) is 0 Å². The maximum absolute atomic E-state index is 12.8. The minimum Gasteiger partial charge on any atom is -0.497 e. The summed E-state index contributed by atoms with van der Waals surface area (Å²) >= 11 is 0. The lowest BCUT2D eigenvalue weighted by atomic mass is 9.98. The van der Waals surface area contributed by atoms with Crippen molar-refractivity contribution < 1.29 is 19.1 Å². The molecule has 2 aromatic carbocycles. The second kappa shape index (κ2) is 6.14. The zero-order valence-electron chi connectivity index (χ0n) is 14.1. The number of benzene rings is 2. The number of aromatic nitrogens is 1. The van der Waals surface area contributed by atoms with Crippen LogP contribution in [-0.2, 0) is 0 Å². The fraction of sp³-hybridized carbons (Fsp3) is 0.0500. The summed E-state index contributed by atoms with van der Waals surface area (Å²) in [7, 11) is 1.45. The van der Waals surface area contributed by atoms with Gasteiger partial charge in [0.05, 0.1) is 23.8 Å². The van der Waals surface area contributed by atoms with Crippen molar-refractivity contribution in [2.75, 3.05) is 7.11 Å². The summed E-state index contributed by atoms with van der Waals surface area (Å²) in [5, 5.41) is 9.77. The minimum atomic E-state index is -1.35. The van der Waals surface area contributed by atoms with E-state index in [1.54, 1.807) is 42.5 Å². The summed E-state index contributed by atoms with van der Waals surface area (Å²) in [6, 6.07) is 13.1. The van der Waals surface area contributed by atoms with E-state index >= 15 is 0 Å². The Morgan fingerprint density at radius 2 is 1.85 bits per heavy atom. The predicted octanol–water partition coefficient (Wildman–Crippen LogP) is 2.58. The van der Waals surface area contributed by atoms with Gasteiger partial charge in [0.25, 0.3) is 5.43 Å². The van der Waals surface area contributed by atoms with Crippen LogP contribution in [0.5, 0.6) is 5.75 Å². The Hall–Kier alpha value is -3.87. The van der Waals surface area contributed by atoms with Gasteiger partial charge in [-0.2, -0.15) is 0 Å². The third-order valence-electron chi connectivity index (χ3n) is 4.30. The SMILES string of the molecule is COc1cccc(-c2c(C(=O)O)c3[nH]c4ccccc4oc=3c(=O)c2=O)c1. The van der Waals surface area contributed by atoms with E-state index in [1.807, 2.05) is 0 Å². The van der Waals surface area contributed by atoms with Crippen LogP contribution in [0.15, 0.2) is 62.5 Å². The normalized spacial score (nSPS) is 11.0. The highest BCUT2D eigenvalue weighted by Crippen LogP contribution is 2.25. The molecule has 0 aromatic heterocycles. The molecule has 7 nitrogen and oxygen atoms in total. The maximum Gasteiger partial charge on any atom is 0.338 e. The number of H-pyrrole nitrogens is 1. The van der Waals surface area contributed by atoms with E-state index in [9.17, 15) is 19.5 Å². The lowest BCUT2D eigenvalue weighted by Crippen LogP contribution is -2.30. The molecule has 134 valence electrons. The Morgan fingerprint density at radius 3 is 2.59 bits per heavy atom. The van der Waals surface area contributed by atoms with Crippen LogP contribution in [-0.4, -0.2) is 23.2 Å². The van der Waals surface area contributed by atoms with Gasteiger partial charge in [-0.25, -0.2) is 4.79 Å². The predicted molar refractivity (Wildman–Crippen MR) is 97.4 cm³/mol. The van der Waals surface area contributed by atoms with Crippen LogP contribution < -0.4 is 15.6 Å². The molecule has 0 saturated heterocycles. The summed E-state index contributed by atoms with van der Waals surface area (Å²) in [5.74, 6) is -0.917. The monoisotopic (exact) mass is 363 g/mol. The number of hydrogen-bond donors (Lipinski definition) is 2. The van der Waals surface area contributed by atoms with Crippen molar-refractivity contribution in [2.45, 2.75) is 0 Å². The van der Waals surface area contributed by atoms with Gasteiger partial charge in [0.2, 0.25) is 10.8 Å². The molecule has 2 aromatic rings. The van der Waals surface area contributed by atoms with Crippen LogP contribution in [0.25, 0.3) is 22.2 Å². The molecule has 0 amide bonds. The van der Waals surface area contributed by atoms with Crippen molar-refractivity contribution in [1.82, 2.24) is 4.98 Å². The number of carbonyl (C=O) groups is 1. The lowest BCUT2D eigenvalue weighted by Gasteiger charge is -2.09. The van der Waals surface area contributed by atoms with Crippen molar-refractivity contribution >= 4 is 17.1 Å². The molecule has 0 bridgehead atoms. The third kappa shape index (κ3) is 2.56. The van der Waals surface area contributed by atoms with Crippen molar-refractivity contribution in [3.8, 4) is 16.9 Å². The molecule has 2 N–H and O–H groups in total. The number of carboxylic acids is 1. The number of fused-ring (bicyclic) bond motifs is 1. The second-order valence-corrected chi connectivity index (χ2v) is 5.87. The summed E-state index contributed by atoms with van der Waals surface area (Å²) < 4.78 is 10.7. The number of ether oxygens (including phenoxy) is 1. The molecule has 2 aliphatic rings. The molecule has 1 heterocycles. The van der Waals surface area contributed by atoms with Crippen LogP contribution in [0.2, 0.25) is 0 Å². The summed E-state index contributed by atoms with van der Waals surface area (Å²) in [5.41, 5.74) is -1.58. The van der Waals surface area contributed by atoms with Gasteiger partial charge in [-0.1, -0.05) is 24.3 Å². The molecule has 0 atom stereocenters. The van der Waals surface area contributed by atoms with Crippen molar-refractivity contribution in [3.63, 3.8) is 0 Å². The van der Waals surface area contributed by atoms with Crippen LogP contribution in [0, 0.1) is 10.8 Å². The molecule has 1 aliphatic heterocycles. The maximum atomic E-state index is 12.8. The topological polar surface area (TPSA) is 110 Å². The molecule has 0 unspecified atom stereocenters. The summed E-state index contributed by atoms with van der Waals surface area (Å²) in [6.07, 6.45) is 0. The van der Waals surface area contributed by atoms with E-state index < -0.39 is 16.8 Å². The van der Waals surface area contributed by atoms with Gasteiger partial charge in [0.1, 0.15) is 11.1 Å². The number of aromatic amines is 1. The Labute approximate surface area is 151 Å². The first kappa shape index (κ1) is 16.6. The first-order valence-electron chi connectivity index (χ1n) is 8.01. The highest BCUT2D eigenvalue weighted by Gasteiger charge is 2.23. The second-order valence-electron chi connectivity index (χ2n) is 5.87. The number of carboxylic acid groups (broad SMARTS) is 1. The lowest BCUT2D eigenvalue weighted by molar-refractivity contribution is 0.0695. The van der Waals surface area contributed by atoms with Crippen molar-refractivity contribution in [1.29, 1.82) is 0 Å². The van der Waals surface area contributed by atoms with Crippen LogP contribution >= 0.6 is 0 Å². The average molecular weight is 363 g/mol. The largest absolute Gasteiger partial charge is 0.497 e. The van der Waals surface area contributed by atoms with Gasteiger partial charge < -0.3 is 19.2 Å². The number of aromatic carboxylic acids is 1. The molecular formula is C20H13NO6. The van der Waals surface area contributed by atoms with E-state index in [0.717, 1.165) is 0 Å². The van der Waals surface area contributed by atoms with Gasteiger partial charge in [0, 0.05) is 0 Å². The number of rotatable bonds is 3. The quantitative estimate of drug-likeness (QED) is 0.542. The third-order valence-corrected chi connectivity index (χ3v) is 4.30. The molecule has 27 heavy (non-hydrogen) atoms. The highest BCUT2D eigenvalue weighted by molar-refractivity contribution is 5.96. The van der Waals surface area contributed by atoms with Gasteiger partial charge in [-0.05, 0) is 29.8 Å². The molecule has 4 rings (SSSR count). The van der Waals surface area contributed by atoms with E-state index in [1.165, 1.54) is 13.2 Å². The molecule has 0 spiro atoms. The zero-order chi connectivity index (χ0) is 19.1. The number of hydrogen-bond acceptors (Lipinski definition) is 5. The first-order chi connectivity index (χ1) is 13.0. The van der Waals surface area contributed by atoms with E-state index in [0.29, 0.717) is 16.8 Å². The van der Waals surface area contributed by atoms with Crippen LogP contribution in [0.1, 0.15) is 10.4 Å². The van der Waals surface area contributed by atoms with E-state index in [4.69, 9.17) is 9.15 Å².